The Bertz CT molecular complexity index is 1090. The number of rotatable bonds is 4. The van der Waals surface area contributed by atoms with Gasteiger partial charge < -0.3 is 14.0 Å². The van der Waals surface area contributed by atoms with Gasteiger partial charge in [0.05, 0.1) is 43.0 Å². The number of fused-ring (bicyclic) bond motifs is 1. The fraction of sp³-hybridized carbons (Fsp3) is 0.364. The normalized spacial score (nSPS) is 18.3. The molecule has 2 heterocycles. The summed E-state index contributed by atoms with van der Waals surface area (Å²) in [7, 11) is 1.36. The van der Waals surface area contributed by atoms with Gasteiger partial charge in [-0.25, -0.2) is 14.2 Å². The van der Waals surface area contributed by atoms with Gasteiger partial charge in [0.2, 0.25) is 0 Å². The van der Waals surface area contributed by atoms with Crippen molar-refractivity contribution in [2.24, 2.45) is 5.41 Å². The van der Waals surface area contributed by atoms with E-state index in [1.165, 1.54) is 13.2 Å². The number of nitrogens with zero attached hydrogens (tertiary/aromatic N) is 2. The summed E-state index contributed by atoms with van der Waals surface area (Å²) in [5.74, 6) is 0.0593. The summed E-state index contributed by atoms with van der Waals surface area (Å²) in [6.07, 6.45) is 0.341. The van der Waals surface area contributed by atoms with Crippen LogP contribution in [-0.2, 0) is 15.9 Å². The Labute approximate surface area is 177 Å². The fourth-order valence-electron chi connectivity index (χ4n) is 3.87. The monoisotopic (exact) mass is 460 g/mol. The molecule has 5 nitrogen and oxygen atoms in total. The molecule has 1 atom stereocenters. The maximum Gasteiger partial charge on any atom is 0.337 e. The van der Waals surface area contributed by atoms with E-state index in [1.54, 1.807) is 18.2 Å². The molecule has 1 aliphatic rings. The third-order valence-electron chi connectivity index (χ3n) is 5.51. The fourth-order valence-corrected chi connectivity index (χ4v) is 4.21. The maximum absolute atomic E-state index is 14.5. The van der Waals surface area contributed by atoms with Gasteiger partial charge in [-0.1, -0.05) is 35.8 Å². The number of ether oxygens (including phenoxy) is 2. The van der Waals surface area contributed by atoms with E-state index in [0.29, 0.717) is 35.2 Å². The average molecular weight is 461 g/mol. The standard InChI is InChI=1S/C22H22BrFN2O3/c1-22(2)12-29-11-19(22)26-18-8-14(21(27)28-3)5-7-17(18)25-20(26)9-13-4-6-15(23)10-16(13)24/h4-8,10,19H,9,11-12H2,1-3H3. The molecule has 152 valence electrons. The quantitative estimate of drug-likeness (QED) is 0.518. The second-order valence-corrected chi connectivity index (χ2v) is 8.94. The van der Waals surface area contributed by atoms with E-state index in [9.17, 15) is 9.18 Å². The minimum absolute atomic E-state index is 0.0221. The lowest BCUT2D eigenvalue weighted by Gasteiger charge is -2.28. The van der Waals surface area contributed by atoms with E-state index >= 15 is 0 Å². The molecule has 0 spiro atoms. The Kier molecular flexibility index (Phi) is 5.21. The lowest BCUT2D eigenvalue weighted by Crippen LogP contribution is -2.27. The molecule has 3 aromatic rings. The van der Waals surface area contributed by atoms with Gasteiger partial charge in [0.15, 0.2) is 0 Å². The summed E-state index contributed by atoms with van der Waals surface area (Å²) in [6.45, 7) is 5.45. The van der Waals surface area contributed by atoms with Gasteiger partial charge in [0.1, 0.15) is 11.6 Å². The van der Waals surface area contributed by atoms with Crippen molar-refractivity contribution in [1.82, 2.24) is 9.55 Å². The highest BCUT2D eigenvalue weighted by Crippen LogP contribution is 2.40. The van der Waals surface area contributed by atoms with Crippen molar-refractivity contribution in [2.45, 2.75) is 26.3 Å². The van der Waals surface area contributed by atoms with Crippen LogP contribution < -0.4 is 0 Å². The molecule has 1 saturated heterocycles. The molecule has 7 heteroatoms. The van der Waals surface area contributed by atoms with Crippen molar-refractivity contribution in [3.63, 3.8) is 0 Å². The highest BCUT2D eigenvalue weighted by Gasteiger charge is 2.39. The first-order valence-corrected chi connectivity index (χ1v) is 10.2. The lowest BCUT2D eigenvalue weighted by atomic mass is 9.87. The van der Waals surface area contributed by atoms with Gasteiger partial charge >= 0.3 is 5.97 Å². The van der Waals surface area contributed by atoms with Gasteiger partial charge in [-0.2, -0.15) is 0 Å². The minimum atomic E-state index is -0.401. The molecule has 29 heavy (non-hydrogen) atoms. The summed E-state index contributed by atoms with van der Waals surface area (Å²) < 4.78 is 28.0. The molecule has 1 aliphatic heterocycles. The van der Waals surface area contributed by atoms with Crippen LogP contribution in [0.5, 0.6) is 0 Å². The maximum atomic E-state index is 14.5. The van der Waals surface area contributed by atoms with Crippen LogP contribution in [-0.4, -0.2) is 35.8 Å². The number of esters is 1. The molecule has 2 aromatic carbocycles. The van der Waals surface area contributed by atoms with Gasteiger partial charge in [-0.3, -0.25) is 0 Å². The summed E-state index contributed by atoms with van der Waals surface area (Å²) in [4.78, 5) is 16.8. The van der Waals surface area contributed by atoms with Gasteiger partial charge in [-0.15, -0.1) is 0 Å². The highest BCUT2D eigenvalue weighted by atomic mass is 79.9. The molecule has 1 unspecified atom stereocenters. The molecule has 0 amide bonds. The van der Waals surface area contributed by atoms with Crippen molar-refractivity contribution < 1.29 is 18.7 Å². The zero-order chi connectivity index (χ0) is 20.8. The average Bonchev–Trinajstić information content (AvgIpc) is 3.20. The van der Waals surface area contributed by atoms with Gasteiger partial charge in [-0.05, 0) is 35.9 Å². The Morgan fingerprint density at radius 1 is 1.34 bits per heavy atom. The Balaban J connectivity index is 1.88. The summed E-state index contributed by atoms with van der Waals surface area (Å²) in [6, 6.07) is 10.4. The van der Waals surface area contributed by atoms with Crippen LogP contribution >= 0.6 is 15.9 Å². The Morgan fingerprint density at radius 2 is 2.14 bits per heavy atom. The summed E-state index contributed by atoms with van der Waals surface area (Å²) >= 11 is 3.30. The van der Waals surface area contributed by atoms with Crippen LogP contribution in [0.15, 0.2) is 40.9 Å². The van der Waals surface area contributed by atoms with Crippen molar-refractivity contribution in [1.29, 1.82) is 0 Å². The predicted octanol–water partition coefficient (Wildman–Crippen LogP) is 4.91. The topological polar surface area (TPSA) is 53.3 Å². The zero-order valence-corrected chi connectivity index (χ0v) is 18.1. The van der Waals surface area contributed by atoms with Crippen LogP contribution in [0, 0.1) is 11.2 Å². The number of halogens is 2. The number of imidazole rings is 1. The van der Waals surface area contributed by atoms with Crippen LogP contribution in [0.1, 0.15) is 41.6 Å². The molecule has 1 aromatic heterocycles. The molecule has 0 aliphatic carbocycles. The predicted molar refractivity (Wildman–Crippen MR) is 112 cm³/mol. The molecular weight excluding hydrogens is 439 g/mol. The van der Waals surface area contributed by atoms with E-state index in [1.807, 2.05) is 12.1 Å². The van der Waals surface area contributed by atoms with E-state index in [4.69, 9.17) is 14.5 Å². The number of benzene rings is 2. The van der Waals surface area contributed by atoms with E-state index in [2.05, 4.69) is 34.3 Å². The lowest BCUT2D eigenvalue weighted by molar-refractivity contribution is 0.0601. The molecule has 1 fully saturated rings. The Morgan fingerprint density at radius 3 is 2.79 bits per heavy atom. The third kappa shape index (κ3) is 3.69. The number of aromatic nitrogens is 2. The largest absolute Gasteiger partial charge is 0.465 e. The minimum Gasteiger partial charge on any atom is -0.465 e. The van der Waals surface area contributed by atoms with Crippen LogP contribution in [0.2, 0.25) is 0 Å². The molecular formula is C22H22BrFN2O3. The number of hydrogen-bond donors (Lipinski definition) is 0. The molecule has 0 saturated carbocycles. The molecule has 0 bridgehead atoms. The zero-order valence-electron chi connectivity index (χ0n) is 16.5. The van der Waals surface area contributed by atoms with Crippen LogP contribution in [0.4, 0.5) is 4.39 Å². The molecule has 0 radical (unpaired) electrons. The first kappa shape index (κ1) is 20.0. The summed E-state index contributed by atoms with van der Waals surface area (Å²) in [5.41, 5.74) is 2.48. The van der Waals surface area contributed by atoms with E-state index < -0.39 is 5.97 Å². The molecule has 4 rings (SSSR count). The van der Waals surface area contributed by atoms with Crippen molar-refractivity contribution in [3.05, 3.63) is 63.6 Å². The Hall–Kier alpha value is -2.25. The van der Waals surface area contributed by atoms with Crippen LogP contribution in [0.25, 0.3) is 11.0 Å². The smallest absolute Gasteiger partial charge is 0.337 e. The second kappa shape index (κ2) is 7.54. The van der Waals surface area contributed by atoms with Crippen molar-refractivity contribution >= 4 is 32.9 Å². The second-order valence-electron chi connectivity index (χ2n) is 8.03. The number of carbonyl (C=O) groups is 1. The van der Waals surface area contributed by atoms with Crippen molar-refractivity contribution in [2.75, 3.05) is 20.3 Å². The van der Waals surface area contributed by atoms with Gasteiger partial charge in [0, 0.05) is 16.3 Å². The van der Waals surface area contributed by atoms with E-state index in [0.717, 1.165) is 16.9 Å². The van der Waals surface area contributed by atoms with Crippen LogP contribution in [0.3, 0.4) is 0 Å². The number of hydrogen-bond acceptors (Lipinski definition) is 4. The molecule has 0 N–H and O–H groups in total. The third-order valence-corrected chi connectivity index (χ3v) is 6.00. The first-order chi connectivity index (χ1) is 13.8. The first-order valence-electron chi connectivity index (χ1n) is 9.41. The van der Waals surface area contributed by atoms with E-state index in [-0.39, 0.29) is 17.3 Å². The number of methoxy groups -OCH3 is 1. The SMILES string of the molecule is COC(=O)c1ccc2nc(Cc3ccc(Br)cc3F)n(C3COCC3(C)C)c2c1. The summed E-state index contributed by atoms with van der Waals surface area (Å²) in [5, 5.41) is 0. The highest BCUT2D eigenvalue weighted by molar-refractivity contribution is 9.10. The van der Waals surface area contributed by atoms with Crippen molar-refractivity contribution in [3.8, 4) is 0 Å². The van der Waals surface area contributed by atoms with Gasteiger partial charge in [0.25, 0.3) is 0 Å². The number of carbonyl (C=O) groups excluding carboxylic acids is 1.